The molecule has 0 aliphatic carbocycles. The summed E-state index contributed by atoms with van der Waals surface area (Å²) >= 11 is 1.52. The molecule has 1 atom stereocenters. The maximum Gasteiger partial charge on any atom is 0.244 e. The van der Waals surface area contributed by atoms with Gasteiger partial charge in [-0.05, 0) is 26.2 Å². The number of rotatable bonds is 10. The molecule has 0 bridgehead atoms. The summed E-state index contributed by atoms with van der Waals surface area (Å²) in [4.78, 5) is 8.65. The molecule has 0 fully saturated rings. The van der Waals surface area contributed by atoms with E-state index in [0.717, 1.165) is 37.1 Å². The average molecular weight is 372 g/mol. The summed E-state index contributed by atoms with van der Waals surface area (Å²) < 4.78 is 30.3. The summed E-state index contributed by atoms with van der Waals surface area (Å²) in [5.74, 6) is 0.649. The fraction of sp³-hybridized carbons (Fsp3) is 0.688. The second kappa shape index (κ2) is 8.71. The zero-order valence-corrected chi connectivity index (χ0v) is 16.1. The Kier molecular flexibility index (Phi) is 6.91. The summed E-state index contributed by atoms with van der Waals surface area (Å²) in [5, 5.41) is 5.87. The molecule has 2 aromatic rings. The van der Waals surface area contributed by atoms with Gasteiger partial charge in [-0.1, -0.05) is 31.8 Å². The molecule has 0 aliphatic heterocycles. The second-order valence-corrected chi connectivity index (χ2v) is 9.20. The Hall–Kier alpha value is -1.28. The van der Waals surface area contributed by atoms with Gasteiger partial charge in [-0.2, -0.15) is 4.98 Å². The quantitative estimate of drug-likeness (QED) is 0.630. The maximum absolute atomic E-state index is 12.6. The predicted molar refractivity (Wildman–Crippen MR) is 94.7 cm³/mol. The van der Waals surface area contributed by atoms with E-state index in [0.29, 0.717) is 17.9 Å². The van der Waals surface area contributed by atoms with Crippen molar-refractivity contribution in [3.8, 4) is 0 Å². The fourth-order valence-electron chi connectivity index (χ4n) is 2.21. The molecule has 0 N–H and O–H groups in total. The molecule has 2 aromatic heterocycles. The number of unbranched alkanes of at least 4 members (excludes halogenated alkanes) is 2. The lowest BCUT2D eigenvalue weighted by Crippen LogP contribution is -2.13. The Morgan fingerprint density at radius 3 is 2.58 bits per heavy atom. The molecule has 0 saturated heterocycles. The molecule has 0 unspecified atom stereocenters. The molecule has 8 heteroatoms. The zero-order valence-electron chi connectivity index (χ0n) is 14.5. The van der Waals surface area contributed by atoms with Gasteiger partial charge in [0.15, 0.2) is 15.7 Å². The SMILES string of the molecule is CCCCc1noc([C@H](C)S(=O)(=O)Cc2csc(CCCC)n2)n1. The predicted octanol–water partition coefficient (Wildman–Crippen LogP) is 3.89. The van der Waals surface area contributed by atoms with E-state index in [1.165, 1.54) is 11.3 Å². The number of hydrogen-bond acceptors (Lipinski definition) is 7. The van der Waals surface area contributed by atoms with Crippen LogP contribution < -0.4 is 0 Å². The van der Waals surface area contributed by atoms with Crippen molar-refractivity contribution in [1.82, 2.24) is 15.1 Å². The minimum atomic E-state index is -3.43. The molecule has 24 heavy (non-hydrogen) atoms. The Bertz CT molecular complexity index is 737. The molecule has 0 amide bonds. The van der Waals surface area contributed by atoms with Gasteiger partial charge in [0.25, 0.3) is 0 Å². The van der Waals surface area contributed by atoms with Crippen molar-refractivity contribution in [1.29, 1.82) is 0 Å². The van der Waals surface area contributed by atoms with Crippen molar-refractivity contribution < 1.29 is 12.9 Å². The molecule has 134 valence electrons. The molecular weight excluding hydrogens is 346 g/mol. The van der Waals surface area contributed by atoms with Gasteiger partial charge in [-0.3, -0.25) is 0 Å². The highest BCUT2D eigenvalue weighted by atomic mass is 32.2. The van der Waals surface area contributed by atoms with Gasteiger partial charge in [-0.15, -0.1) is 11.3 Å². The molecule has 0 aliphatic rings. The van der Waals surface area contributed by atoms with Crippen LogP contribution >= 0.6 is 11.3 Å². The minimum Gasteiger partial charge on any atom is -0.338 e. The smallest absolute Gasteiger partial charge is 0.244 e. The van der Waals surface area contributed by atoms with Gasteiger partial charge in [0.05, 0.1) is 16.5 Å². The fourth-order valence-corrected chi connectivity index (χ4v) is 4.37. The molecule has 0 spiro atoms. The maximum atomic E-state index is 12.6. The standard InChI is InChI=1S/C16H25N3O3S2/c1-4-6-8-14-18-16(22-19-14)12(3)24(20,21)11-13-10-23-15(17-13)9-7-5-2/h10,12H,4-9,11H2,1-3H3/t12-/m0/s1. The first-order valence-corrected chi connectivity index (χ1v) is 11.0. The van der Waals surface area contributed by atoms with E-state index in [2.05, 4.69) is 29.0 Å². The third-order valence-corrected chi connectivity index (χ3v) is 6.75. The summed E-state index contributed by atoms with van der Waals surface area (Å²) in [7, 11) is -3.43. The van der Waals surface area contributed by atoms with Crippen molar-refractivity contribution in [2.45, 2.75) is 70.3 Å². The first-order valence-electron chi connectivity index (χ1n) is 8.43. The zero-order chi connectivity index (χ0) is 17.6. The van der Waals surface area contributed by atoms with Gasteiger partial charge in [0.1, 0.15) is 5.25 Å². The van der Waals surface area contributed by atoms with Gasteiger partial charge in [0.2, 0.25) is 5.89 Å². The summed E-state index contributed by atoms with van der Waals surface area (Å²) in [6.45, 7) is 5.80. The van der Waals surface area contributed by atoms with E-state index in [4.69, 9.17) is 4.52 Å². The van der Waals surface area contributed by atoms with E-state index >= 15 is 0 Å². The number of nitrogens with zero attached hydrogens (tertiary/aromatic N) is 3. The number of sulfone groups is 1. The molecule has 6 nitrogen and oxygen atoms in total. The Morgan fingerprint density at radius 2 is 1.88 bits per heavy atom. The number of thiazole rings is 1. The van der Waals surface area contributed by atoms with Crippen LogP contribution in [0.25, 0.3) is 0 Å². The highest BCUT2D eigenvalue weighted by Gasteiger charge is 2.29. The van der Waals surface area contributed by atoms with Crippen LogP contribution in [0.15, 0.2) is 9.90 Å². The second-order valence-electron chi connectivity index (χ2n) is 5.94. The Morgan fingerprint density at radius 1 is 1.17 bits per heavy atom. The first kappa shape index (κ1) is 19.1. The van der Waals surface area contributed by atoms with Gasteiger partial charge in [-0.25, -0.2) is 13.4 Å². The average Bonchev–Trinajstić information content (AvgIpc) is 3.19. The van der Waals surface area contributed by atoms with Crippen LogP contribution in [0.4, 0.5) is 0 Å². The molecule has 0 radical (unpaired) electrons. The Labute approximate surface area is 147 Å². The summed E-state index contributed by atoms with van der Waals surface area (Å²) in [6, 6.07) is 0. The van der Waals surface area contributed by atoms with Crippen molar-refractivity contribution in [2.75, 3.05) is 0 Å². The highest BCUT2D eigenvalue weighted by molar-refractivity contribution is 7.90. The van der Waals surface area contributed by atoms with E-state index in [1.807, 2.05) is 5.38 Å². The van der Waals surface area contributed by atoms with Gasteiger partial charge >= 0.3 is 0 Å². The normalized spacial score (nSPS) is 13.3. The molecular formula is C16H25N3O3S2. The van der Waals surface area contributed by atoms with Crippen LogP contribution in [-0.2, 0) is 28.4 Å². The lowest BCUT2D eigenvalue weighted by Gasteiger charge is -2.07. The largest absolute Gasteiger partial charge is 0.338 e. The van der Waals surface area contributed by atoms with Crippen LogP contribution in [0.3, 0.4) is 0 Å². The van der Waals surface area contributed by atoms with Crippen molar-refractivity contribution >= 4 is 21.2 Å². The van der Waals surface area contributed by atoms with Crippen LogP contribution in [0.1, 0.15) is 74.1 Å². The van der Waals surface area contributed by atoms with E-state index < -0.39 is 15.1 Å². The molecule has 2 rings (SSSR count). The topological polar surface area (TPSA) is 86.0 Å². The number of hydrogen-bond donors (Lipinski definition) is 0. The van der Waals surface area contributed by atoms with Crippen molar-refractivity contribution in [3.63, 3.8) is 0 Å². The van der Waals surface area contributed by atoms with Crippen LogP contribution in [0, 0.1) is 0 Å². The summed E-state index contributed by atoms with van der Waals surface area (Å²) in [5.41, 5.74) is 0.601. The van der Waals surface area contributed by atoms with Gasteiger partial charge in [0, 0.05) is 11.8 Å². The lowest BCUT2D eigenvalue weighted by molar-refractivity contribution is 0.370. The third kappa shape index (κ3) is 5.11. The number of aromatic nitrogens is 3. The van der Waals surface area contributed by atoms with Crippen molar-refractivity contribution in [3.05, 3.63) is 27.8 Å². The summed E-state index contributed by atoms with van der Waals surface area (Å²) in [6.07, 6.45) is 5.77. The van der Waals surface area contributed by atoms with Crippen molar-refractivity contribution in [2.24, 2.45) is 0 Å². The Balaban J connectivity index is 2.03. The number of aryl methyl sites for hydroxylation is 2. The van der Waals surface area contributed by atoms with Gasteiger partial charge < -0.3 is 4.52 Å². The molecule has 0 saturated carbocycles. The highest BCUT2D eigenvalue weighted by Crippen LogP contribution is 2.25. The monoisotopic (exact) mass is 371 g/mol. The van der Waals surface area contributed by atoms with Crippen LogP contribution in [0.2, 0.25) is 0 Å². The molecule has 2 heterocycles. The van der Waals surface area contributed by atoms with Crippen LogP contribution in [-0.4, -0.2) is 23.5 Å². The van der Waals surface area contributed by atoms with E-state index in [1.54, 1.807) is 6.92 Å². The minimum absolute atomic E-state index is 0.0938. The van der Waals surface area contributed by atoms with Crippen LogP contribution in [0.5, 0.6) is 0 Å². The molecule has 0 aromatic carbocycles. The van der Waals surface area contributed by atoms with E-state index in [9.17, 15) is 8.42 Å². The third-order valence-electron chi connectivity index (χ3n) is 3.82. The van der Waals surface area contributed by atoms with E-state index in [-0.39, 0.29) is 11.6 Å². The first-order chi connectivity index (χ1) is 11.5. The lowest BCUT2D eigenvalue weighted by atomic mass is 10.2.